The van der Waals surface area contributed by atoms with Gasteiger partial charge < -0.3 is 10.4 Å². The molecular formula is C20H22ClNO2. The number of benzene rings is 2. The van der Waals surface area contributed by atoms with Gasteiger partial charge in [-0.05, 0) is 34.8 Å². The Kier molecular flexibility index (Phi) is 6.59. The fourth-order valence-corrected chi connectivity index (χ4v) is 2.45. The number of halogens is 1. The Labute approximate surface area is 148 Å². The molecule has 0 saturated heterocycles. The molecule has 24 heavy (non-hydrogen) atoms. The molecule has 1 atom stereocenters. The molecule has 0 aromatic heterocycles. The Morgan fingerprint density at radius 2 is 1.75 bits per heavy atom. The zero-order valence-electron chi connectivity index (χ0n) is 13.9. The highest BCUT2D eigenvalue weighted by atomic mass is 35.5. The van der Waals surface area contributed by atoms with E-state index in [9.17, 15) is 9.90 Å². The first kappa shape index (κ1) is 18.2. The topological polar surface area (TPSA) is 49.3 Å². The Balaban J connectivity index is 1.88. The summed E-state index contributed by atoms with van der Waals surface area (Å²) in [6, 6.07) is 15.1. The Bertz CT molecular complexity index is 708. The van der Waals surface area contributed by atoms with Gasteiger partial charge in [-0.3, -0.25) is 4.79 Å². The zero-order valence-corrected chi connectivity index (χ0v) is 14.6. The van der Waals surface area contributed by atoms with Crippen LogP contribution in [0.15, 0.2) is 54.6 Å². The van der Waals surface area contributed by atoms with Gasteiger partial charge in [-0.15, -0.1) is 0 Å². The lowest BCUT2D eigenvalue weighted by Gasteiger charge is -2.13. The number of hydrogen-bond donors (Lipinski definition) is 2. The fourth-order valence-electron chi connectivity index (χ4n) is 2.25. The molecule has 1 unspecified atom stereocenters. The van der Waals surface area contributed by atoms with E-state index in [1.165, 1.54) is 11.6 Å². The first-order valence-corrected chi connectivity index (χ1v) is 8.33. The average molecular weight is 344 g/mol. The van der Waals surface area contributed by atoms with Crippen LogP contribution in [0.25, 0.3) is 6.08 Å². The molecule has 4 heteroatoms. The molecule has 3 nitrogen and oxygen atoms in total. The molecule has 0 bridgehead atoms. The van der Waals surface area contributed by atoms with Crippen LogP contribution in [0.1, 0.15) is 42.6 Å². The average Bonchev–Trinajstić information content (AvgIpc) is 2.59. The molecular weight excluding hydrogens is 322 g/mol. The summed E-state index contributed by atoms with van der Waals surface area (Å²) in [7, 11) is 0. The third-order valence-corrected chi connectivity index (χ3v) is 4.12. The summed E-state index contributed by atoms with van der Waals surface area (Å²) in [5, 5.41) is 13.4. The van der Waals surface area contributed by atoms with Crippen LogP contribution in [-0.4, -0.2) is 17.6 Å². The van der Waals surface area contributed by atoms with Crippen molar-refractivity contribution in [1.82, 2.24) is 5.32 Å². The SMILES string of the molecule is CC(C)c1ccc(C(O)CNC(=O)/C=C/c2ccccc2Cl)cc1. The van der Waals surface area contributed by atoms with Crippen molar-refractivity contribution in [2.75, 3.05) is 6.54 Å². The molecule has 0 aliphatic heterocycles. The highest BCUT2D eigenvalue weighted by Crippen LogP contribution is 2.18. The van der Waals surface area contributed by atoms with Crippen LogP contribution in [0, 0.1) is 0 Å². The Hall–Kier alpha value is -2.10. The fraction of sp³-hybridized carbons (Fsp3) is 0.250. The smallest absolute Gasteiger partial charge is 0.244 e. The third kappa shape index (κ3) is 5.22. The molecule has 126 valence electrons. The van der Waals surface area contributed by atoms with E-state index in [1.54, 1.807) is 12.1 Å². The quantitative estimate of drug-likeness (QED) is 0.767. The molecule has 2 aromatic rings. The van der Waals surface area contributed by atoms with Crippen LogP contribution in [0.3, 0.4) is 0 Å². The van der Waals surface area contributed by atoms with E-state index in [0.29, 0.717) is 10.9 Å². The van der Waals surface area contributed by atoms with Crippen molar-refractivity contribution in [3.8, 4) is 0 Å². The van der Waals surface area contributed by atoms with Crippen molar-refractivity contribution >= 4 is 23.6 Å². The standard InChI is InChI=1S/C20H22ClNO2/c1-14(2)15-7-9-17(10-8-15)19(23)13-22-20(24)12-11-16-5-3-4-6-18(16)21/h3-12,14,19,23H,13H2,1-2H3,(H,22,24)/b12-11+. The minimum atomic E-state index is -0.733. The van der Waals surface area contributed by atoms with Crippen LogP contribution in [0.5, 0.6) is 0 Å². The van der Waals surface area contributed by atoms with Crippen LogP contribution < -0.4 is 5.32 Å². The molecule has 0 radical (unpaired) electrons. The number of carbonyl (C=O) groups excluding carboxylic acids is 1. The van der Waals surface area contributed by atoms with E-state index in [2.05, 4.69) is 19.2 Å². The second-order valence-corrected chi connectivity index (χ2v) is 6.34. The number of rotatable bonds is 6. The van der Waals surface area contributed by atoms with E-state index < -0.39 is 6.10 Å². The van der Waals surface area contributed by atoms with Crippen molar-refractivity contribution in [2.45, 2.75) is 25.9 Å². The van der Waals surface area contributed by atoms with Gasteiger partial charge in [0.05, 0.1) is 6.10 Å². The summed E-state index contributed by atoms with van der Waals surface area (Å²) in [5.74, 6) is 0.179. The van der Waals surface area contributed by atoms with Crippen LogP contribution in [0.2, 0.25) is 5.02 Å². The predicted octanol–water partition coefficient (Wildman–Crippen LogP) is 4.33. The van der Waals surface area contributed by atoms with E-state index >= 15 is 0 Å². The predicted molar refractivity (Wildman–Crippen MR) is 99.0 cm³/mol. The van der Waals surface area contributed by atoms with Crippen molar-refractivity contribution < 1.29 is 9.90 Å². The van der Waals surface area contributed by atoms with Gasteiger partial charge in [0.2, 0.25) is 5.91 Å². The first-order chi connectivity index (χ1) is 11.5. The largest absolute Gasteiger partial charge is 0.387 e. The summed E-state index contributed by atoms with van der Waals surface area (Å²) in [6.45, 7) is 4.40. The molecule has 2 N–H and O–H groups in total. The molecule has 0 saturated carbocycles. The van der Waals surface area contributed by atoms with Crippen molar-refractivity contribution in [3.63, 3.8) is 0 Å². The van der Waals surface area contributed by atoms with Gasteiger partial charge in [0.15, 0.2) is 0 Å². The number of carbonyl (C=O) groups is 1. The van der Waals surface area contributed by atoms with Crippen LogP contribution in [-0.2, 0) is 4.79 Å². The molecule has 0 spiro atoms. The first-order valence-electron chi connectivity index (χ1n) is 7.95. The molecule has 1 amide bonds. The summed E-state index contributed by atoms with van der Waals surface area (Å²) < 4.78 is 0. The molecule has 2 aromatic carbocycles. The van der Waals surface area contributed by atoms with Gasteiger partial charge in [-0.25, -0.2) is 0 Å². The Morgan fingerprint density at radius 1 is 1.12 bits per heavy atom. The van der Waals surface area contributed by atoms with Gasteiger partial charge in [0.1, 0.15) is 0 Å². The number of aliphatic hydroxyl groups is 1. The summed E-state index contributed by atoms with van der Waals surface area (Å²) in [6.07, 6.45) is 2.33. The maximum absolute atomic E-state index is 11.9. The highest BCUT2D eigenvalue weighted by Gasteiger charge is 2.09. The number of aliphatic hydroxyl groups excluding tert-OH is 1. The van der Waals surface area contributed by atoms with Gasteiger partial charge in [0, 0.05) is 17.6 Å². The van der Waals surface area contributed by atoms with E-state index in [1.807, 2.05) is 42.5 Å². The van der Waals surface area contributed by atoms with Gasteiger partial charge >= 0.3 is 0 Å². The lowest BCUT2D eigenvalue weighted by atomic mass is 10.00. The summed E-state index contributed by atoms with van der Waals surface area (Å²) in [4.78, 5) is 11.9. The van der Waals surface area contributed by atoms with Crippen molar-refractivity contribution in [2.24, 2.45) is 0 Å². The number of hydrogen-bond acceptors (Lipinski definition) is 2. The molecule has 2 rings (SSSR count). The zero-order chi connectivity index (χ0) is 17.5. The highest BCUT2D eigenvalue weighted by molar-refractivity contribution is 6.32. The molecule has 0 aliphatic carbocycles. The minimum Gasteiger partial charge on any atom is -0.387 e. The summed E-state index contributed by atoms with van der Waals surface area (Å²) in [5.41, 5.74) is 2.78. The maximum Gasteiger partial charge on any atom is 0.244 e. The normalized spacial score (nSPS) is 12.5. The second kappa shape index (κ2) is 8.67. The molecule has 0 aliphatic rings. The van der Waals surface area contributed by atoms with E-state index in [4.69, 9.17) is 11.6 Å². The molecule has 0 heterocycles. The maximum atomic E-state index is 11.9. The van der Waals surface area contributed by atoms with Gasteiger partial charge in [-0.1, -0.05) is 67.9 Å². The van der Waals surface area contributed by atoms with Crippen molar-refractivity contribution in [1.29, 1.82) is 0 Å². The third-order valence-electron chi connectivity index (χ3n) is 3.78. The summed E-state index contributed by atoms with van der Waals surface area (Å²) >= 11 is 6.03. The lowest BCUT2D eigenvalue weighted by molar-refractivity contribution is -0.116. The minimum absolute atomic E-state index is 0.159. The van der Waals surface area contributed by atoms with Crippen LogP contribution >= 0.6 is 11.6 Å². The van der Waals surface area contributed by atoms with Crippen LogP contribution in [0.4, 0.5) is 0 Å². The van der Waals surface area contributed by atoms with Crippen molar-refractivity contribution in [3.05, 3.63) is 76.3 Å². The molecule has 0 fully saturated rings. The number of nitrogens with one attached hydrogen (secondary N) is 1. The van der Waals surface area contributed by atoms with E-state index in [0.717, 1.165) is 11.1 Å². The monoisotopic (exact) mass is 343 g/mol. The Morgan fingerprint density at radius 3 is 2.38 bits per heavy atom. The lowest BCUT2D eigenvalue weighted by Crippen LogP contribution is -2.26. The van der Waals surface area contributed by atoms with E-state index in [-0.39, 0.29) is 12.5 Å². The number of amides is 1. The second-order valence-electron chi connectivity index (χ2n) is 5.94. The van der Waals surface area contributed by atoms with Gasteiger partial charge in [-0.2, -0.15) is 0 Å². The van der Waals surface area contributed by atoms with Gasteiger partial charge in [0.25, 0.3) is 0 Å².